The van der Waals surface area contributed by atoms with Crippen molar-refractivity contribution in [3.05, 3.63) is 0 Å². The number of ether oxygens (including phenoxy) is 1. The van der Waals surface area contributed by atoms with Crippen LogP contribution in [0.1, 0.15) is 19.8 Å². The summed E-state index contributed by atoms with van der Waals surface area (Å²) in [4.78, 5) is 0. The summed E-state index contributed by atoms with van der Waals surface area (Å²) in [6, 6.07) is 0. The Bertz CT molecular complexity index is 158. The molecule has 3 nitrogen and oxygen atoms in total. The molecule has 1 atom stereocenters. The molecule has 0 saturated carbocycles. The van der Waals surface area contributed by atoms with Crippen LogP contribution >= 0.6 is 12.2 Å². The molecule has 0 amide bonds. The molecular formula is C9H18N2OS. The molecule has 1 rings (SSSR count). The zero-order valence-corrected chi connectivity index (χ0v) is 8.95. The Morgan fingerprint density at radius 2 is 2.38 bits per heavy atom. The first-order valence-electron chi connectivity index (χ1n) is 4.92. The Kier molecular flexibility index (Phi) is 5.08. The van der Waals surface area contributed by atoms with Gasteiger partial charge in [-0.25, -0.2) is 0 Å². The van der Waals surface area contributed by atoms with Crippen molar-refractivity contribution in [3.8, 4) is 0 Å². The smallest absolute Gasteiger partial charge is 0.166 e. The lowest BCUT2D eigenvalue weighted by atomic mass is 10.1. The monoisotopic (exact) mass is 202 g/mol. The predicted octanol–water partition coefficient (Wildman–Crippen LogP) is 0.897. The molecule has 1 fully saturated rings. The molecule has 76 valence electrons. The van der Waals surface area contributed by atoms with Gasteiger partial charge in [0.15, 0.2) is 5.11 Å². The van der Waals surface area contributed by atoms with Crippen molar-refractivity contribution in [3.63, 3.8) is 0 Å². The summed E-state index contributed by atoms with van der Waals surface area (Å²) < 4.78 is 5.27. The Morgan fingerprint density at radius 1 is 1.54 bits per heavy atom. The van der Waals surface area contributed by atoms with Gasteiger partial charge in [-0.3, -0.25) is 0 Å². The Labute approximate surface area is 85.2 Å². The van der Waals surface area contributed by atoms with Crippen molar-refractivity contribution in [1.29, 1.82) is 0 Å². The van der Waals surface area contributed by atoms with E-state index in [1.807, 2.05) is 0 Å². The molecule has 2 N–H and O–H groups in total. The van der Waals surface area contributed by atoms with Gasteiger partial charge < -0.3 is 15.4 Å². The highest BCUT2D eigenvalue weighted by Crippen LogP contribution is 2.10. The fraction of sp³-hybridized carbons (Fsp3) is 0.889. The van der Waals surface area contributed by atoms with Crippen molar-refractivity contribution >= 4 is 17.3 Å². The molecule has 0 aromatic carbocycles. The zero-order chi connectivity index (χ0) is 9.52. The molecule has 0 spiro atoms. The van der Waals surface area contributed by atoms with Crippen LogP contribution in [0.2, 0.25) is 0 Å². The Morgan fingerprint density at radius 3 is 3.00 bits per heavy atom. The minimum Gasteiger partial charge on any atom is -0.381 e. The maximum Gasteiger partial charge on any atom is 0.166 e. The first kappa shape index (κ1) is 10.7. The van der Waals surface area contributed by atoms with Gasteiger partial charge in [0.1, 0.15) is 0 Å². The van der Waals surface area contributed by atoms with Gasteiger partial charge in [0, 0.05) is 25.6 Å². The van der Waals surface area contributed by atoms with Gasteiger partial charge in [0.05, 0.1) is 6.61 Å². The Balaban J connectivity index is 2.00. The maximum atomic E-state index is 5.27. The molecule has 0 aromatic heterocycles. The molecule has 0 bridgehead atoms. The summed E-state index contributed by atoms with van der Waals surface area (Å²) in [6.07, 6.45) is 2.26. The number of nitrogens with one attached hydrogen (secondary N) is 2. The largest absolute Gasteiger partial charge is 0.381 e. The fourth-order valence-corrected chi connectivity index (χ4v) is 1.47. The SMILES string of the molecule is CCCNC(=S)NCC1CCOC1. The van der Waals surface area contributed by atoms with Crippen LogP contribution in [-0.2, 0) is 4.74 Å². The molecule has 0 aromatic rings. The first-order valence-corrected chi connectivity index (χ1v) is 5.33. The molecule has 0 radical (unpaired) electrons. The average Bonchev–Trinajstić information content (AvgIpc) is 2.64. The van der Waals surface area contributed by atoms with E-state index in [4.69, 9.17) is 17.0 Å². The normalized spacial score (nSPS) is 21.5. The minimum atomic E-state index is 0.640. The van der Waals surface area contributed by atoms with Crippen molar-refractivity contribution in [2.75, 3.05) is 26.3 Å². The summed E-state index contributed by atoms with van der Waals surface area (Å²) in [5, 5.41) is 7.11. The van der Waals surface area contributed by atoms with Crippen LogP contribution in [0.4, 0.5) is 0 Å². The van der Waals surface area contributed by atoms with Crippen molar-refractivity contribution in [1.82, 2.24) is 10.6 Å². The van der Waals surface area contributed by atoms with Crippen LogP contribution in [0.25, 0.3) is 0 Å². The van der Waals surface area contributed by atoms with Crippen molar-refractivity contribution < 1.29 is 4.74 Å². The zero-order valence-electron chi connectivity index (χ0n) is 8.14. The second-order valence-corrected chi connectivity index (χ2v) is 3.77. The van der Waals surface area contributed by atoms with E-state index in [1.54, 1.807) is 0 Å². The molecule has 1 aliphatic heterocycles. The number of hydrogen-bond donors (Lipinski definition) is 2. The third-order valence-electron chi connectivity index (χ3n) is 2.11. The molecular weight excluding hydrogens is 184 g/mol. The lowest BCUT2D eigenvalue weighted by Gasteiger charge is -2.12. The van der Waals surface area contributed by atoms with E-state index < -0.39 is 0 Å². The molecule has 13 heavy (non-hydrogen) atoms. The highest BCUT2D eigenvalue weighted by atomic mass is 32.1. The lowest BCUT2D eigenvalue weighted by molar-refractivity contribution is 0.186. The minimum absolute atomic E-state index is 0.640. The van der Waals surface area contributed by atoms with Crippen LogP contribution in [0, 0.1) is 5.92 Å². The number of thiocarbonyl (C=S) groups is 1. The van der Waals surface area contributed by atoms with Gasteiger partial charge in [-0.1, -0.05) is 6.92 Å². The van der Waals surface area contributed by atoms with Gasteiger partial charge in [-0.15, -0.1) is 0 Å². The predicted molar refractivity (Wildman–Crippen MR) is 57.8 cm³/mol. The molecule has 1 aliphatic rings. The van der Waals surface area contributed by atoms with Gasteiger partial charge in [0.25, 0.3) is 0 Å². The van der Waals surface area contributed by atoms with Gasteiger partial charge in [-0.2, -0.15) is 0 Å². The molecule has 1 unspecified atom stereocenters. The summed E-state index contributed by atoms with van der Waals surface area (Å²) in [5.41, 5.74) is 0. The highest BCUT2D eigenvalue weighted by molar-refractivity contribution is 7.80. The molecule has 1 saturated heterocycles. The van der Waals surface area contributed by atoms with Crippen molar-refractivity contribution in [2.24, 2.45) is 5.92 Å². The van der Waals surface area contributed by atoms with Crippen LogP contribution in [0.5, 0.6) is 0 Å². The van der Waals surface area contributed by atoms with Crippen LogP contribution in [0.3, 0.4) is 0 Å². The summed E-state index contributed by atoms with van der Waals surface area (Å²) >= 11 is 5.09. The molecule has 1 heterocycles. The number of rotatable bonds is 4. The topological polar surface area (TPSA) is 33.3 Å². The van der Waals surface area contributed by atoms with Crippen LogP contribution in [0.15, 0.2) is 0 Å². The maximum absolute atomic E-state index is 5.27. The second kappa shape index (κ2) is 6.16. The van der Waals surface area contributed by atoms with Crippen LogP contribution in [-0.4, -0.2) is 31.4 Å². The third kappa shape index (κ3) is 4.43. The quantitative estimate of drug-likeness (QED) is 0.664. The lowest BCUT2D eigenvalue weighted by Crippen LogP contribution is -2.38. The number of hydrogen-bond acceptors (Lipinski definition) is 2. The van der Waals surface area contributed by atoms with E-state index in [9.17, 15) is 0 Å². The van der Waals surface area contributed by atoms with E-state index in [-0.39, 0.29) is 0 Å². The van der Waals surface area contributed by atoms with E-state index in [0.29, 0.717) is 5.92 Å². The molecule has 4 heteroatoms. The summed E-state index contributed by atoms with van der Waals surface area (Å²) in [5.74, 6) is 0.640. The first-order chi connectivity index (χ1) is 6.33. The summed E-state index contributed by atoms with van der Waals surface area (Å²) in [6.45, 7) is 5.80. The average molecular weight is 202 g/mol. The fourth-order valence-electron chi connectivity index (χ4n) is 1.28. The second-order valence-electron chi connectivity index (χ2n) is 3.37. The van der Waals surface area contributed by atoms with Crippen molar-refractivity contribution in [2.45, 2.75) is 19.8 Å². The van der Waals surface area contributed by atoms with E-state index in [0.717, 1.165) is 44.3 Å². The van der Waals surface area contributed by atoms with Crippen LogP contribution < -0.4 is 10.6 Å². The third-order valence-corrected chi connectivity index (χ3v) is 2.40. The van der Waals surface area contributed by atoms with Gasteiger partial charge in [-0.05, 0) is 25.1 Å². The Hall–Kier alpha value is -0.350. The standard InChI is InChI=1S/C9H18N2OS/c1-2-4-10-9(13)11-6-8-3-5-12-7-8/h8H,2-7H2,1H3,(H2,10,11,13). The van der Waals surface area contributed by atoms with Gasteiger partial charge >= 0.3 is 0 Å². The van der Waals surface area contributed by atoms with E-state index in [2.05, 4.69) is 17.6 Å². The highest BCUT2D eigenvalue weighted by Gasteiger charge is 2.15. The van der Waals surface area contributed by atoms with Gasteiger partial charge in [0.2, 0.25) is 0 Å². The van der Waals surface area contributed by atoms with E-state index >= 15 is 0 Å². The summed E-state index contributed by atoms with van der Waals surface area (Å²) in [7, 11) is 0. The van der Waals surface area contributed by atoms with E-state index in [1.165, 1.54) is 0 Å². The molecule has 0 aliphatic carbocycles.